The van der Waals surface area contributed by atoms with Crippen molar-refractivity contribution in [1.82, 2.24) is 5.32 Å². The molecular weight excluding hydrogens is 453 g/mol. The van der Waals surface area contributed by atoms with Crippen molar-refractivity contribution in [3.05, 3.63) is 33.8 Å². The molecule has 1 saturated heterocycles. The summed E-state index contributed by atoms with van der Waals surface area (Å²) in [5.41, 5.74) is -6.56. The van der Waals surface area contributed by atoms with Crippen LogP contribution in [0.1, 0.15) is 43.7 Å². The molecule has 1 aromatic rings. The Bertz CT molecular complexity index is 814. The molecule has 1 heterocycles. The highest BCUT2D eigenvalue weighted by Gasteiger charge is 2.65. The summed E-state index contributed by atoms with van der Waals surface area (Å²) in [6.07, 6.45) is -4.49. The van der Waals surface area contributed by atoms with Crippen LogP contribution in [0.3, 0.4) is 0 Å². The molecule has 0 radical (unpaired) electrons. The van der Waals surface area contributed by atoms with Crippen molar-refractivity contribution in [3.8, 4) is 0 Å². The van der Waals surface area contributed by atoms with Crippen molar-refractivity contribution in [1.29, 1.82) is 0 Å². The number of carbonyl (C=O) groups is 2. The van der Waals surface area contributed by atoms with Gasteiger partial charge in [0.2, 0.25) is 0 Å². The highest BCUT2D eigenvalue weighted by atomic mass is 79.9. The Hall–Kier alpha value is -1.55. The molecule has 0 spiro atoms. The van der Waals surface area contributed by atoms with Gasteiger partial charge in [0, 0.05) is 10.0 Å². The summed E-state index contributed by atoms with van der Waals surface area (Å²) < 4.78 is 75.8. The maximum absolute atomic E-state index is 15.5. The molecule has 1 atom stereocenters. The van der Waals surface area contributed by atoms with Crippen LogP contribution in [0, 0.1) is 5.41 Å². The van der Waals surface area contributed by atoms with Gasteiger partial charge in [-0.15, -0.1) is 0 Å². The normalized spacial score (nSPS) is 24.1. The average Bonchev–Trinajstić information content (AvgIpc) is 3.15. The first-order chi connectivity index (χ1) is 12.8. The van der Waals surface area contributed by atoms with Gasteiger partial charge in [0.15, 0.2) is 5.54 Å². The monoisotopic (exact) mass is 469 g/mol. The first-order valence-corrected chi connectivity index (χ1v) is 9.40. The van der Waals surface area contributed by atoms with Gasteiger partial charge in [-0.2, -0.15) is 22.0 Å². The Morgan fingerprint density at radius 3 is 2.21 bits per heavy atom. The fourth-order valence-electron chi connectivity index (χ4n) is 3.25. The number of benzene rings is 1. The number of carbonyl (C=O) groups excluding carboxylic acids is 2. The minimum Gasteiger partial charge on any atom is -0.391 e. The fraction of sp³-hybridized carbons (Fsp3) is 0.556. The van der Waals surface area contributed by atoms with Crippen molar-refractivity contribution in [2.45, 2.75) is 50.2 Å². The van der Waals surface area contributed by atoms with Crippen LogP contribution < -0.4 is 5.32 Å². The molecule has 10 heteroatoms. The van der Waals surface area contributed by atoms with Gasteiger partial charge in [0.05, 0.1) is 11.0 Å². The number of rotatable bonds is 4. The van der Waals surface area contributed by atoms with E-state index in [1.807, 2.05) is 0 Å². The summed E-state index contributed by atoms with van der Waals surface area (Å²) in [6, 6.07) is 2.21. The average molecular weight is 470 g/mol. The van der Waals surface area contributed by atoms with E-state index in [-0.39, 0.29) is 17.4 Å². The zero-order chi connectivity index (χ0) is 21.0. The van der Waals surface area contributed by atoms with Gasteiger partial charge in [-0.05, 0) is 51.3 Å². The Labute approximate surface area is 165 Å². The first-order valence-electron chi connectivity index (χ1n) is 8.60. The topological polar surface area (TPSA) is 55.4 Å². The zero-order valence-corrected chi connectivity index (χ0v) is 16.3. The van der Waals surface area contributed by atoms with E-state index >= 15 is 8.78 Å². The second kappa shape index (κ2) is 6.76. The van der Waals surface area contributed by atoms with Crippen LogP contribution in [-0.2, 0) is 26.4 Å². The van der Waals surface area contributed by atoms with Gasteiger partial charge >= 0.3 is 24.0 Å². The molecule has 1 aliphatic heterocycles. The highest BCUT2D eigenvalue weighted by molar-refractivity contribution is 9.10. The summed E-state index contributed by atoms with van der Waals surface area (Å²) in [4.78, 5) is 24.7. The van der Waals surface area contributed by atoms with Crippen LogP contribution >= 0.6 is 15.9 Å². The SMILES string of the molecule is CC1(C(=O)OC(=O)[C@@]2(C(F)(F)c3ccc(Br)cc3C(F)(F)F)CCCN2)CC1. The van der Waals surface area contributed by atoms with Crippen LogP contribution in [0.25, 0.3) is 0 Å². The van der Waals surface area contributed by atoms with Gasteiger partial charge in [0.1, 0.15) is 0 Å². The largest absolute Gasteiger partial charge is 0.416 e. The van der Waals surface area contributed by atoms with Gasteiger partial charge in [-0.3, -0.25) is 10.1 Å². The Balaban J connectivity index is 2.04. The fourth-order valence-corrected chi connectivity index (χ4v) is 3.62. The van der Waals surface area contributed by atoms with Crippen molar-refractivity contribution < 1.29 is 36.3 Å². The van der Waals surface area contributed by atoms with Crippen LogP contribution in [0.5, 0.6) is 0 Å². The summed E-state index contributed by atoms with van der Waals surface area (Å²) >= 11 is 2.85. The number of esters is 2. The predicted molar refractivity (Wildman–Crippen MR) is 91.4 cm³/mol. The molecule has 0 aromatic heterocycles. The molecule has 3 rings (SSSR count). The number of halogens is 6. The Morgan fingerprint density at radius 1 is 1.07 bits per heavy atom. The molecular formula is C18H17BrF5NO3. The van der Waals surface area contributed by atoms with Crippen molar-refractivity contribution in [2.24, 2.45) is 5.41 Å². The van der Waals surface area contributed by atoms with E-state index in [9.17, 15) is 22.8 Å². The van der Waals surface area contributed by atoms with Gasteiger partial charge in [-0.25, -0.2) is 4.79 Å². The summed E-state index contributed by atoms with van der Waals surface area (Å²) in [5, 5.41) is 2.32. The number of nitrogens with one attached hydrogen (secondary N) is 1. The van der Waals surface area contributed by atoms with E-state index in [1.165, 1.54) is 6.92 Å². The summed E-state index contributed by atoms with van der Waals surface area (Å²) in [6.45, 7) is 1.51. The third kappa shape index (κ3) is 3.45. The van der Waals surface area contributed by atoms with Crippen LogP contribution in [0.15, 0.2) is 22.7 Å². The number of ether oxygens (including phenoxy) is 1. The predicted octanol–water partition coefficient (Wildman–Crippen LogP) is 4.55. The van der Waals surface area contributed by atoms with Crippen LogP contribution in [0.2, 0.25) is 0 Å². The molecule has 0 amide bonds. The zero-order valence-electron chi connectivity index (χ0n) is 14.8. The molecule has 1 saturated carbocycles. The molecule has 0 bridgehead atoms. The lowest BCUT2D eigenvalue weighted by molar-refractivity contribution is -0.183. The molecule has 28 heavy (non-hydrogen) atoms. The van der Waals surface area contributed by atoms with Crippen LogP contribution in [0.4, 0.5) is 22.0 Å². The maximum atomic E-state index is 15.5. The quantitative estimate of drug-likeness (QED) is 0.399. The minimum absolute atomic E-state index is 0.0198. The lowest BCUT2D eigenvalue weighted by atomic mass is 9.83. The molecule has 2 aliphatic rings. The van der Waals surface area contributed by atoms with Gasteiger partial charge in [0.25, 0.3) is 0 Å². The van der Waals surface area contributed by atoms with E-state index < -0.39 is 52.5 Å². The van der Waals surface area contributed by atoms with E-state index in [0.29, 0.717) is 25.0 Å². The van der Waals surface area contributed by atoms with Gasteiger partial charge < -0.3 is 4.74 Å². The number of alkyl halides is 5. The molecule has 1 N–H and O–H groups in total. The van der Waals surface area contributed by atoms with E-state index in [0.717, 1.165) is 6.07 Å². The van der Waals surface area contributed by atoms with Crippen molar-refractivity contribution >= 4 is 27.9 Å². The molecule has 1 aliphatic carbocycles. The summed E-state index contributed by atoms with van der Waals surface area (Å²) in [7, 11) is 0. The number of hydrogen-bond donors (Lipinski definition) is 1. The van der Waals surface area contributed by atoms with Crippen molar-refractivity contribution in [3.63, 3.8) is 0 Å². The smallest absolute Gasteiger partial charge is 0.391 e. The number of hydrogen-bond acceptors (Lipinski definition) is 4. The maximum Gasteiger partial charge on any atom is 0.416 e. The lowest BCUT2D eigenvalue weighted by Crippen LogP contribution is -2.60. The lowest BCUT2D eigenvalue weighted by Gasteiger charge is -2.36. The highest BCUT2D eigenvalue weighted by Crippen LogP contribution is 2.50. The molecule has 4 nitrogen and oxygen atoms in total. The Morgan fingerprint density at radius 2 is 1.71 bits per heavy atom. The minimum atomic E-state index is -5.07. The van der Waals surface area contributed by atoms with Gasteiger partial charge in [-0.1, -0.05) is 22.0 Å². The molecule has 2 fully saturated rings. The second-order valence-electron chi connectivity index (χ2n) is 7.44. The summed E-state index contributed by atoms with van der Waals surface area (Å²) in [5.74, 6) is -6.76. The standard InChI is InChI=1S/C18H17BrF5NO3/c1-15(6-7-15)13(26)28-14(27)16(5-2-8-25-16)17(20,21)11-4-3-10(19)9-12(11)18(22,23)24/h3-4,9,25H,2,5-8H2,1H3/t16-/m1/s1. The molecule has 1 aromatic carbocycles. The second-order valence-corrected chi connectivity index (χ2v) is 8.35. The third-order valence-electron chi connectivity index (χ3n) is 5.34. The van der Waals surface area contributed by atoms with Crippen molar-refractivity contribution in [2.75, 3.05) is 6.54 Å². The first kappa shape index (κ1) is 21.2. The molecule has 154 valence electrons. The molecule has 0 unspecified atom stereocenters. The van der Waals surface area contributed by atoms with E-state index in [4.69, 9.17) is 4.74 Å². The van der Waals surface area contributed by atoms with E-state index in [2.05, 4.69) is 21.2 Å². The van der Waals surface area contributed by atoms with E-state index in [1.54, 1.807) is 0 Å². The Kier molecular flexibility index (Phi) is 5.11. The van der Waals surface area contributed by atoms with Crippen LogP contribution in [-0.4, -0.2) is 24.0 Å². The third-order valence-corrected chi connectivity index (χ3v) is 5.84.